The van der Waals surface area contributed by atoms with E-state index in [0.29, 0.717) is 13.0 Å². The molecule has 0 aliphatic rings. The van der Waals surface area contributed by atoms with Crippen LogP contribution in [0.4, 0.5) is 0 Å². The van der Waals surface area contributed by atoms with E-state index >= 15 is 0 Å². The summed E-state index contributed by atoms with van der Waals surface area (Å²) < 4.78 is 0. The lowest BCUT2D eigenvalue weighted by molar-refractivity contribution is -0.117. The Kier molecular flexibility index (Phi) is 5.60. The highest BCUT2D eigenvalue weighted by Gasteiger charge is 1.97. The molecule has 0 radical (unpaired) electrons. The van der Waals surface area contributed by atoms with Crippen LogP contribution in [0, 0.1) is 0 Å². The van der Waals surface area contributed by atoms with E-state index in [1.807, 2.05) is 24.3 Å². The van der Waals surface area contributed by atoms with E-state index in [-0.39, 0.29) is 5.91 Å². The maximum atomic E-state index is 10.5. The first-order chi connectivity index (χ1) is 7.22. The number of hydrogen-bond donors (Lipinski definition) is 2. The Hall–Kier alpha value is -0.650. The van der Waals surface area contributed by atoms with E-state index in [1.54, 1.807) is 21.6 Å². The minimum absolute atomic E-state index is 0.249. The summed E-state index contributed by atoms with van der Waals surface area (Å²) >= 11 is 0. The van der Waals surface area contributed by atoms with Gasteiger partial charge in [0.2, 0.25) is 5.91 Å². The van der Waals surface area contributed by atoms with Gasteiger partial charge >= 0.3 is 0 Å². The average molecular weight is 242 g/mol. The largest absolute Gasteiger partial charge is 0.370 e. The van der Waals surface area contributed by atoms with Crippen LogP contribution in [0.2, 0.25) is 0 Å². The van der Waals surface area contributed by atoms with E-state index in [9.17, 15) is 4.79 Å². The van der Waals surface area contributed by atoms with Crippen molar-refractivity contribution in [2.75, 3.05) is 5.75 Å². The molecule has 1 aromatic rings. The normalized spacial score (nSPS) is 10.2. The fraction of sp³-hybridized carbons (Fsp3) is 0.300. The summed E-state index contributed by atoms with van der Waals surface area (Å²) in [6.45, 7) is 0.569. The molecule has 0 saturated heterocycles. The Labute approximate surface area is 97.4 Å². The highest BCUT2D eigenvalue weighted by Crippen LogP contribution is 2.31. The quantitative estimate of drug-likeness (QED) is 0.589. The number of amides is 1. The molecule has 0 aliphatic heterocycles. The summed E-state index contributed by atoms with van der Waals surface area (Å²) in [5, 5.41) is 0. The summed E-state index contributed by atoms with van der Waals surface area (Å²) in [4.78, 5) is 11.6. The second-order valence-electron chi connectivity index (χ2n) is 2.97. The highest BCUT2D eigenvalue weighted by atomic mass is 33.1. The summed E-state index contributed by atoms with van der Waals surface area (Å²) in [5.74, 6) is 0.500. The average Bonchev–Trinajstić information content (AvgIpc) is 2.25. The van der Waals surface area contributed by atoms with Crippen molar-refractivity contribution in [3.05, 3.63) is 29.8 Å². The van der Waals surface area contributed by atoms with Gasteiger partial charge in [0, 0.05) is 23.6 Å². The molecule has 0 heterocycles. The lowest BCUT2D eigenvalue weighted by Gasteiger charge is -2.01. The SMILES string of the molecule is NCc1ccc(SSCCC(N)=O)cc1. The maximum absolute atomic E-state index is 10.5. The van der Waals surface area contributed by atoms with Crippen LogP contribution in [0.5, 0.6) is 0 Å². The van der Waals surface area contributed by atoms with E-state index in [1.165, 1.54) is 4.90 Å². The number of primary amides is 1. The van der Waals surface area contributed by atoms with Crippen molar-refractivity contribution in [2.24, 2.45) is 11.5 Å². The van der Waals surface area contributed by atoms with Crippen LogP contribution >= 0.6 is 21.6 Å². The molecular weight excluding hydrogens is 228 g/mol. The summed E-state index contributed by atoms with van der Waals surface area (Å²) in [6.07, 6.45) is 0.429. The van der Waals surface area contributed by atoms with E-state index in [0.717, 1.165) is 11.3 Å². The van der Waals surface area contributed by atoms with Crippen molar-refractivity contribution in [3.63, 3.8) is 0 Å². The molecule has 4 N–H and O–H groups in total. The van der Waals surface area contributed by atoms with Crippen LogP contribution in [0.1, 0.15) is 12.0 Å². The van der Waals surface area contributed by atoms with Gasteiger partial charge in [0.25, 0.3) is 0 Å². The molecule has 5 heteroatoms. The molecule has 0 saturated carbocycles. The van der Waals surface area contributed by atoms with Crippen molar-refractivity contribution in [2.45, 2.75) is 17.9 Å². The molecule has 0 fully saturated rings. The molecule has 1 aromatic carbocycles. The van der Waals surface area contributed by atoms with E-state index in [4.69, 9.17) is 11.5 Å². The van der Waals surface area contributed by atoms with Gasteiger partial charge < -0.3 is 11.5 Å². The monoisotopic (exact) mass is 242 g/mol. The minimum atomic E-state index is -0.249. The van der Waals surface area contributed by atoms with Crippen molar-refractivity contribution >= 4 is 27.5 Å². The van der Waals surface area contributed by atoms with Gasteiger partial charge in [0.1, 0.15) is 0 Å². The van der Waals surface area contributed by atoms with Crippen molar-refractivity contribution in [1.29, 1.82) is 0 Å². The number of nitrogens with two attached hydrogens (primary N) is 2. The van der Waals surface area contributed by atoms with E-state index < -0.39 is 0 Å². The fourth-order valence-electron chi connectivity index (χ4n) is 0.933. The van der Waals surface area contributed by atoms with Crippen LogP contribution in [-0.4, -0.2) is 11.7 Å². The molecule has 0 aliphatic carbocycles. The number of benzene rings is 1. The highest BCUT2D eigenvalue weighted by molar-refractivity contribution is 8.76. The zero-order chi connectivity index (χ0) is 11.1. The van der Waals surface area contributed by atoms with Gasteiger partial charge in [-0.3, -0.25) is 4.79 Å². The van der Waals surface area contributed by atoms with Crippen molar-refractivity contribution < 1.29 is 4.79 Å². The summed E-state index contributed by atoms with van der Waals surface area (Å²) in [5.41, 5.74) is 11.7. The molecule has 82 valence electrons. The van der Waals surface area contributed by atoms with Gasteiger partial charge in [0.15, 0.2) is 0 Å². The molecule has 0 atom stereocenters. The molecule has 3 nitrogen and oxygen atoms in total. The Morgan fingerprint density at radius 1 is 1.27 bits per heavy atom. The molecule has 0 spiro atoms. The van der Waals surface area contributed by atoms with Crippen LogP contribution in [0.3, 0.4) is 0 Å². The van der Waals surface area contributed by atoms with Crippen LogP contribution < -0.4 is 11.5 Å². The van der Waals surface area contributed by atoms with Crippen LogP contribution in [0.15, 0.2) is 29.2 Å². The van der Waals surface area contributed by atoms with Gasteiger partial charge in [0.05, 0.1) is 0 Å². The molecule has 1 amide bonds. The maximum Gasteiger partial charge on any atom is 0.218 e. The second kappa shape index (κ2) is 6.76. The summed E-state index contributed by atoms with van der Waals surface area (Å²) in [7, 11) is 3.28. The molecule has 0 aromatic heterocycles. The predicted octanol–water partition coefficient (Wildman–Crippen LogP) is 1.76. The number of rotatable bonds is 6. The lowest BCUT2D eigenvalue weighted by atomic mass is 10.2. The molecule has 15 heavy (non-hydrogen) atoms. The Morgan fingerprint density at radius 2 is 1.93 bits per heavy atom. The third-order valence-corrected chi connectivity index (χ3v) is 4.13. The van der Waals surface area contributed by atoms with Gasteiger partial charge in [-0.2, -0.15) is 0 Å². The first-order valence-corrected chi connectivity index (χ1v) is 6.91. The lowest BCUT2D eigenvalue weighted by Crippen LogP contribution is -2.10. The van der Waals surface area contributed by atoms with Crippen LogP contribution in [-0.2, 0) is 11.3 Å². The topological polar surface area (TPSA) is 69.1 Å². The zero-order valence-corrected chi connectivity index (χ0v) is 9.94. The standard InChI is InChI=1S/C10H14N2OS2/c11-7-8-1-3-9(4-2-8)15-14-6-5-10(12)13/h1-4H,5-7,11H2,(H2,12,13). The van der Waals surface area contributed by atoms with E-state index in [2.05, 4.69) is 0 Å². The molecule has 1 rings (SSSR count). The van der Waals surface area contributed by atoms with Gasteiger partial charge in [-0.05, 0) is 17.7 Å². The Bertz CT molecular complexity index is 314. The first-order valence-electron chi connectivity index (χ1n) is 4.59. The number of carbonyl (C=O) groups excluding carboxylic acids is 1. The fourth-order valence-corrected chi connectivity index (χ4v) is 2.93. The second-order valence-corrected chi connectivity index (χ2v) is 5.46. The predicted molar refractivity (Wildman–Crippen MR) is 66.5 cm³/mol. The van der Waals surface area contributed by atoms with Crippen molar-refractivity contribution in [1.82, 2.24) is 0 Å². The van der Waals surface area contributed by atoms with Gasteiger partial charge in [-0.15, -0.1) is 0 Å². The van der Waals surface area contributed by atoms with Gasteiger partial charge in [-0.25, -0.2) is 0 Å². The third-order valence-electron chi connectivity index (χ3n) is 1.75. The van der Waals surface area contributed by atoms with Gasteiger partial charge in [-0.1, -0.05) is 33.7 Å². The smallest absolute Gasteiger partial charge is 0.218 e. The first kappa shape index (κ1) is 12.4. The summed E-state index contributed by atoms with van der Waals surface area (Å²) in [6, 6.07) is 8.09. The Balaban J connectivity index is 2.28. The molecule has 0 bridgehead atoms. The number of hydrogen-bond acceptors (Lipinski definition) is 4. The third kappa shape index (κ3) is 5.11. The number of carbonyl (C=O) groups is 1. The molecule has 0 unspecified atom stereocenters. The minimum Gasteiger partial charge on any atom is -0.370 e. The Morgan fingerprint density at radius 3 is 2.47 bits per heavy atom. The van der Waals surface area contributed by atoms with Crippen LogP contribution in [0.25, 0.3) is 0 Å². The zero-order valence-electron chi connectivity index (χ0n) is 8.31. The molecular formula is C10H14N2OS2. The van der Waals surface area contributed by atoms with Crippen molar-refractivity contribution in [3.8, 4) is 0 Å².